The van der Waals surface area contributed by atoms with E-state index in [0.717, 1.165) is 27.6 Å². The second-order valence-electron chi connectivity index (χ2n) is 4.84. The Morgan fingerprint density at radius 2 is 1.95 bits per heavy atom. The number of aromatic amines is 2. The van der Waals surface area contributed by atoms with Crippen molar-refractivity contribution in [2.45, 2.75) is 0 Å². The smallest absolute Gasteiger partial charge is 0.257 e. The highest BCUT2D eigenvalue weighted by molar-refractivity contribution is 6.13. The third-order valence-electron chi connectivity index (χ3n) is 3.51. The van der Waals surface area contributed by atoms with Gasteiger partial charge in [0.05, 0.1) is 22.9 Å². The van der Waals surface area contributed by atoms with Crippen LogP contribution >= 0.6 is 0 Å². The lowest BCUT2D eigenvalue weighted by Crippen LogP contribution is -2.11. The molecule has 0 saturated heterocycles. The number of anilines is 1. The van der Waals surface area contributed by atoms with Crippen molar-refractivity contribution < 1.29 is 4.79 Å². The number of nitrogens with zero attached hydrogens (tertiary/aromatic N) is 1. The van der Waals surface area contributed by atoms with Crippen molar-refractivity contribution in [1.82, 2.24) is 15.0 Å². The van der Waals surface area contributed by atoms with Gasteiger partial charge >= 0.3 is 0 Å². The third-order valence-corrected chi connectivity index (χ3v) is 3.51. The summed E-state index contributed by atoms with van der Waals surface area (Å²) in [6.07, 6.45) is 3.37. The molecule has 2 aromatic carbocycles. The molecule has 0 aliphatic rings. The number of imidazole rings is 1. The minimum absolute atomic E-state index is 0.133. The van der Waals surface area contributed by atoms with E-state index in [2.05, 4.69) is 20.3 Å². The number of para-hydroxylation sites is 1. The van der Waals surface area contributed by atoms with Crippen molar-refractivity contribution in [3.05, 3.63) is 60.6 Å². The fraction of sp³-hybridized carbons (Fsp3) is 0. The van der Waals surface area contributed by atoms with Crippen LogP contribution in [0.3, 0.4) is 0 Å². The molecule has 0 atom stereocenters. The Morgan fingerprint density at radius 1 is 1.05 bits per heavy atom. The van der Waals surface area contributed by atoms with Gasteiger partial charge in [0.1, 0.15) is 0 Å². The highest BCUT2D eigenvalue weighted by Gasteiger charge is 2.12. The minimum Gasteiger partial charge on any atom is -0.360 e. The van der Waals surface area contributed by atoms with E-state index >= 15 is 0 Å². The molecule has 2 aromatic heterocycles. The number of H-pyrrole nitrogens is 2. The van der Waals surface area contributed by atoms with Crippen LogP contribution in [0.1, 0.15) is 10.4 Å². The molecular formula is C16H12N4O. The first-order valence-electron chi connectivity index (χ1n) is 6.62. The van der Waals surface area contributed by atoms with Crippen LogP contribution in [-0.4, -0.2) is 20.9 Å². The monoisotopic (exact) mass is 276 g/mol. The van der Waals surface area contributed by atoms with E-state index in [0.29, 0.717) is 5.56 Å². The van der Waals surface area contributed by atoms with Crippen LogP contribution in [0, 0.1) is 0 Å². The summed E-state index contributed by atoms with van der Waals surface area (Å²) < 4.78 is 0. The predicted molar refractivity (Wildman–Crippen MR) is 82.3 cm³/mol. The van der Waals surface area contributed by atoms with Crippen LogP contribution in [-0.2, 0) is 0 Å². The van der Waals surface area contributed by atoms with Gasteiger partial charge in [-0.25, -0.2) is 4.98 Å². The van der Waals surface area contributed by atoms with E-state index in [1.54, 1.807) is 12.5 Å². The van der Waals surface area contributed by atoms with Gasteiger partial charge in [-0.1, -0.05) is 18.2 Å². The first kappa shape index (κ1) is 11.7. The summed E-state index contributed by atoms with van der Waals surface area (Å²) in [5.74, 6) is -0.133. The van der Waals surface area contributed by atoms with Crippen molar-refractivity contribution in [1.29, 1.82) is 0 Å². The number of hydrogen-bond donors (Lipinski definition) is 3. The SMILES string of the molecule is O=C(Nc1ccc2nc[nH]c2c1)c1c[nH]c2ccccc12. The topological polar surface area (TPSA) is 73.6 Å². The van der Waals surface area contributed by atoms with E-state index in [4.69, 9.17) is 0 Å². The van der Waals surface area contributed by atoms with Crippen LogP contribution < -0.4 is 5.32 Å². The van der Waals surface area contributed by atoms with Crippen LogP contribution in [0.2, 0.25) is 0 Å². The molecule has 0 fully saturated rings. The quantitative estimate of drug-likeness (QED) is 0.525. The van der Waals surface area contributed by atoms with E-state index < -0.39 is 0 Å². The number of amides is 1. The van der Waals surface area contributed by atoms with Crippen molar-refractivity contribution >= 4 is 33.5 Å². The molecule has 0 saturated carbocycles. The number of benzene rings is 2. The fourth-order valence-electron chi connectivity index (χ4n) is 2.47. The Kier molecular flexibility index (Phi) is 2.50. The lowest BCUT2D eigenvalue weighted by Gasteiger charge is -2.04. The number of hydrogen-bond acceptors (Lipinski definition) is 2. The Bertz CT molecular complexity index is 951. The lowest BCUT2D eigenvalue weighted by molar-refractivity contribution is 0.102. The summed E-state index contributed by atoms with van der Waals surface area (Å²) in [7, 11) is 0. The molecule has 0 bridgehead atoms. The highest BCUT2D eigenvalue weighted by atomic mass is 16.1. The summed E-state index contributed by atoms with van der Waals surface area (Å²) in [5.41, 5.74) is 4.09. The van der Waals surface area contributed by atoms with Gasteiger partial charge in [-0.05, 0) is 24.3 Å². The van der Waals surface area contributed by atoms with Crippen molar-refractivity contribution in [3.63, 3.8) is 0 Å². The maximum Gasteiger partial charge on any atom is 0.257 e. The van der Waals surface area contributed by atoms with E-state index in [1.807, 2.05) is 42.5 Å². The van der Waals surface area contributed by atoms with Crippen LogP contribution in [0.5, 0.6) is 0 Å². The number of nitrogens with one attached hydrogen (secondary N) is 3. The highest BCUT2D eigenvalue weighted by Crippen LogP contribution is 2.20. The Balaban J connectivity index is 1.68. The van der Waals surface area contributed by atoms with Crippen LogP contribution in [0.4, 0.5) is 5.69 Å². The molecule has 2 heterocycles. The molecule has 21 heavy (non-hydrogen) atoms. The first-order valence-corrected chi connectivity index (χ1v) is 6.62. The average Bonchev–Trinajstić information content (AvgIpc) is 3.13. The maximum absolute atomic E-state index is 12.4. The van der Waals surface area contributed by atoms with Gasteiger partial charge in [0.15, 0.2) is 0 Å². The molecule has 1 amide bonds. The molecule has 3 N–H and O–H groups in total. The normalized spacial score (nSPS) is 11.0. The molecule has 4 aromatic rings. The number of aromatic nitrogens is 3. The molecular weight excluding hydrogens is 264 g/mol. The summed E-state index contributed by atoms with van der Waals surface area (Å²) >= 11 is 0. The number of fused-ring (bicyclic) bond motifs is 2. The summed E-state index contributed by atoms with van der Waals surface area (Å²) in [6, 6.07) is 13.3. The van der Waals surface area contributed by atoms with Gasteiger partial charge in [-0.3, -0.25) is 4.79 Å². The van der Waals surface area contributed by atoms with Gasteiger partial charge in [-0.15, -0.1) is 0 Å². The maximum atomic E-state index is 12.4. The Hall–Kier alpha value is -3.08. The van der Waals surface area contributed by atoms with E-state index in [-0.39, 0.29) is 5.91 Å². The van der Waals surface area contributed by atoms with E-state index in [9.17, 15) is 4.79 Å². The van der Waals surface area contributed by atoms with Gasteiger partial charge in [0.25, 0.3) is 5.91 Å². The van der Waals surface area contributed by atoms with Crippen LogP contribution in [0.15, 0.2) is 55.0 Å². The molecule has 5 nitrogen and oxygen atoms in total. The van der Waals surface area contributed by atoms with Gasteiger partial charge in [0, 0.05) is 22.8 Å². The van der Waals surface area contributed by atoms with Crippen molar-refractivity contribution in [3.8, 4) is 0 Å². The summed E-state index contributed by atoms with van der Waals surface area (Å²) in [6.45, 7) is 0. The predicted octanol–water partition coefficient (Wildman–Crippen LogP) is 3.30. The zero-order valence-electron chi connectivity index (χ0n) is 11.1. The van der Waals surface area contributed by atoms with E-state index in [1.165, 1.54) is 0 Å². The molecule has 0 aliphatic heterocycles. The molecule has 0 aliphatic carbocycles. The number of rotatable bonds is 2. The van der Waals surface area contributed by atoms with Gasteiger partial charge in [0.2, 0.25) is 0 Å². The summed E-state index contributed by atoms with van der Waals surface area (Å²) in [5, 5.41) is 3.83. The van der Waals surface area contributed by atoms with Gasteiger partial charge < -0.3 is 15.3 Å². The average molecular weight is 276 g/mol. The third kappa shape index (κ3) is 1.95. The molecule has 0 unspecified atom stereocenters. The second kappa shape index (κ2) is 4.49. The number of carbonyl (C=O) groups is 1. The largest absolute Gasteiger partial charge is 0.360 e. The first-order chi connectivity index (χ1) is 10.3. The van der Waals surface area contributed by atoms with Crippen molar-refractivity contribution in [2.24, 2.45) is 0 Å². The van der Waals surface area contributed by atoms with Crippen molar-refractivity contribution in [2.75, 3.05) is 5.32 Å². The molecule has 0 spiro atoms. The Labute approximate surface area is 120 Å². The molecule has 102 valence electrons. The number of carbonyl (C=O) groups excluding carboxylic acids is 1. The minimum atomic E-state index is -0.133. The van der Waals surface area contributed by atoms with Crippen LogP contribution in [0.25, 0.3) is 21.9 Å². The Morgan fingerprint density at radius 3 is 2.90 bits per heavy atom. The molecule has 0 radical (unpaired) electrons. The molecule has 5 heteroatoms. The molecule has 4 rings (SSSR count). The zero-order chi connectivity index (χ0) is 14.2. The van der Waals surface area contributed by atoms with Gasteiger partial charge in [-0.2, -0.15) is 0 Å². The standard InChI is InChI=1S/C16H12N4O/c21-16(12-8-17-13-4-2-1-3-11(12)13)20-10-5-6-14-15(7-10)19-9-18-14/h1-9,17H,(H,18,19)(H,20,21). The second-order valence-corrected chi connectivity index (χ2v) is 4.84. The fourth-order valence-corrected chi connectivity index (χ4v) is 2.47. The lowest BCUT2D eigenvalue weighted by atomic mass is 10.1. The zero-order valence-corrected chi connectivity index (χ0v) is 11.1. The summed E-state index contributed by atoms with van der Waals surface area (Å²) in [4.78, 5) is 22.7.